The van der Waals surface area contributed by atoms with Crippen molar-refractivity contribution >= 4 is 11.6 Å². The molecule has 2 rings (SSSR count). The fourth-order valence-corrected chi connectivity index (χ4v) is 2.08. The summed E-state index contributed by atoms with van der Waals surface area (Å²) < 4.78 is 0. The van der Waals surface area contributed by atoms with Gasteiger partial charge in [0, 0.05) is 12.2 Å². The number of benzene rings is 2. The van der Waals surface area contributed by atoms with E-state index in [1.54, 1.807) is 18.2 Å². The van der Waals surface area contributed by atoms with Gasteiger partial charge in [0.05, 0.1) is 5.56 Å². The molecule has 0 bridgehead atoms. The van der Waals surface area contributed by atoms with E-state index in [1.807, 2.05) is 38.1 Å². The molecule has 0 unspecified atom stereocenters. The van der Waals surface area contributed by atoms with E-state index in [4.69, 9.17) is 0 Å². The van der Waals surface area contributed by atoms with Crippen LogP contribution in [0.1, 0.15) is 28.4 Å². The second-order valence-electron chi connectivity index (χ2n) is 4.91. The highest BCUT2D eigenvalue weighted by Gasteiger charge is 2.12. The zero-order valence-corrected chi connectivity index (χ0v) is 12.3. The Bertz CT molecular complexity index is 638. The number of phenols is 1. The monoisotopic (exact) mass is 284 g/mol. The van der Waals surface area contributed by atoms with Gasteiger partial charge in [0.15, 0.2) is 0 Å². The number of rotatable bonds is 5. The van der Waals surface area contributed by atoms with Crippen molar-refractivity contribution in [1.82, 2.24) is 5.32 Å². The molecule has 0 spiro atoms. The van der Waals surface area contributed by atoms with Crippen LogP contribution in [-0.2, 0) is 6.54 Å². The number of amides is 1. The van der Waals surface area contributed by atoms with E-state index in [0.29, 0.717) is 6.54 Å². The highest BCUT2D eigenvalue weighted by molar-refractivity contribution is 6.06. The van der Waals surface area contributed by atoms with Crippen LogP contribution in [0.3, 0.4) is 0 Å². The molecule has 0 saturated carbocycles. The molecule has 110 valence electrons. The summed E-state index contributed by atoms with van der Waals surface area (Å²) in [4.78, 5) is 12.3. The van der Waals surface area contributed by atoms with E-state index >= 15 is 0 Å². The lowest BCUT2D eigenvalue weighted by Gasteiger charge is -2.12. The molecule has 0 radical (unpaired) electrons. The van der Waals surface area contributed by atoms with Crippen LogP contribution in [0.15, 0.2) is 42.5 Å². The lowest BCUT2D eigenvalue weighted by atomic mass is 10.1. The Kier molecular flexibility index (Phi) is 4.95. The third-order valence-corrected chi connectivity index (χ3v) is 3.23. The Hall–Kier alpha value is -2.33. The van der Waals surface area contributed by atoms with Crippen LogP contribution >= 0.6 is 0 Å². The minimum Gasteiger partial charge on any atom is -0.507 e. The molecule has 3 N–H and O–H groups in total. The van der Waals surface area contributed by atoms with Crippen molar-refractivity contribution in [2.24, 2.45) is 0 Å². The summed E-state index contributed by atoms with van der Waals surface area (Å²) >= 11 is 0. The van der Waals surface area contributed by atoms with E-state index in [2.05, 4.69) is 10.6 Å². The van der Waals surface area contributed by atoms with E-state index in [0.717, 1.165) is 23.4 Å². The third-order valence-electron chi connectivity index (χ3n) is 3.23. The van der Waals surface area contributed by atoms with Gasteiger partial charge in [-0.3, -0.25) is 4.79 Å². The van der Waals surface area contributed by atoms with Gasteiger partial charge in [-0.15, -0.1) is 0 Å². The Balaban J connectivity index is 2.19. The maximum absolute atomic E-state index is 12.3. The second-order valence-corrected chi connectivity index (χ2v) is 4.91. The summed E-state index contributed by atoms with van der Waals surface area (Å²) in [5.74, 6) is -0.312. The van der Waals surface area contributed by atoms with Crippen LogP contribution in [0, 0.1) is 6.92 Å². The van der Waals surface area contributed by atoms with Gasteiger partial charge in [-0.2, -0.15) is 0 Å². The van der Waals surface area contributed by atoms with Crippen LogP contribution < -0.4 is 10.6 Å². The second kappa shape index (κ2) is 6.90. The van der Waals surface area contributed by atoms with Gasteiger partial charge in [0.2, 0.25) is 0 Å². The van der Waals surface area contributed by atoms with Gasteiger partial charge < -0.3 is 15.7 Å². The van der Waals surface area contributed by atoms with Gasteiger partial charge in [-0.1, -0.05) is 31.2 Å². The van der Waals surface area contributed by atoms with E-state index < -0.39 is 0 Å². The van der Waals surface area contributed by atoms with Crippen LogP contribution in [-0.4, -0.2) is 17.6 Å². The molecule has 0 aliphatic heterocycles. The summed E-state index contributed by atoms with van der Waals surface area (Å²) in [5, 5.41) is 16.0. The highest BCUT2D eigenvalue weighted by atomic mass is 16.3. The van der Waals surface area contributed by atoms with Crippen molar-refractivity contribution in [1.29, 1.82) is 0 Å². The molecule has 0 fully saturated rings. The van der Waals surface area contributed by atoms with Gasteiger partial charge in [0.25, 0.3) is 5.91 Å². The first-order valence-electron chi connectivity index (χ1n) is 7.01. The number of hydrogen-bond donors (Lipinski definition) is 3. The minimum atomic E-state index is -0.309. The predicted molar refractivity (Wildman–Crippen MR) is 84.6 cm³/mol. The molecule has 4 heteroatoms. The maximum Gasteiger partial charge on any atom is 0.259 e. The van der Waals surface area contributed by atoms with E-state index in [1.165, 1.54) is 0 Å². The van der Waals surface area contributed by atoms with Crippen LogP contribution in [0.4, 0.5) is 5.69 Å². The van der Waals surface area contributed by atoms with Crippen LogP contribution in [0.5, 0.6) is 5.75 Å². The zero-order valence-electron chi connectivity index (χ0n) is 12.3. The van der Waals surface area contributed by atoms with E-state index in [9.17, 15) is 9.90 Å². The van der Waals surface area contributed by atoms with Gasteiger partial charge in [0.1, 0.15) is 5.75 Å². The molecular weight excluding hydrogens is 264 g/mol. The minimum absolute atomic E-state index is 0.00309. The lowest BCUT2D eigenvalue weighted by molar-refractivity contribution is 0.102. The van der Waals surface area contributed by atoms with Crippen LogP contribution in [0.2, 0.25) is 0 Å². The number of carbonyl (C=O) groups is 1. The number of phenolic OH excluding ortho intramolecular Hbond substituents is 1. The number of hydrogen-bond acceptors (Lipinski definition) is 3. The Morgan fingerprint density at radius 2 is 1.95 bits per heavy atom. The quantitative estimate of drug-likeness (QED) is 0.790. The van der Waals surface area contributed by atoms with Crippen LogP contribution in [0.25, 0.3) is 0 Å². The number of aryl methyl sites for hydroxylation is 1. The molecule has 0 aliphatic carbocycles. The standard InChI is InChI=1S/C17H20N2O2/c1-3-18-11-13-6-4-5-7-15(13)19-17(21)14-9-8-12(2)10-16(14)20/h4-10,18,20H,3,11H2,1-2H3,(H,19,21). The first-order chi connectivity index (χ1) is 10.1. The zero-order chi connectivity index (χ0) is 15.2. The number of carbonyl (C=O) groups excluding carboxylic acids is 1. The lowest BCUT2D eigenvalue weighted by Crippen LogP contribution is -2.17. The molecule has 2 aromatic rings. The third kappa shape index (κ3) is 3.83. The molecule has 1 amide bonds. The van der Waals surface area contributed by atoms with Gasteiger partial charge >= 0.3 is 0 Å². The number of para-hydroxylation sites is 1. The Morgan fingerprint density at radius 1 is 1.19 bits per heavy atom. The first kappa shape index (κ1) is 15.1. The molecule has 4 nitrogen and oxygen atoms in total. The smallest absolute Gasteiger partial charge is 0.259 e. The average molecular weight is 284 g/mol. The summed E-state index contributed by atoms with van der Waals surface area (Å²) in [6, 6.07) is 12.7. The normalized spacial score (nSPS) is 10.4. The number of nitrogens with one attached hydrogen (secondary N) is 2. The van der Waals surface area contributed by atoms with Crippen molar-refractivity contribution in [2.75, 3.05) is 11.9 Å². The fraction of sp³-hybridized carbons (Fsp3) is 0.235. The van der Waals surface area contributed by atoms with Crippen molar-refractivity contribution in [3.8, 4) is 5.75 Å². The Morgan fingerprint density at radius 3 is 2.67 bits per heavy atom. The molecule has 0 saturated heterocycles. The van der Waals surface area contributed by atoms with Crippen molar-refractivity contribution in [3.05, 3.63) is 59.2 Å². The largest absolute Gasteiger partial charge is 0.507 e. The molecule has 21 heavy (non-hydrogen) atoms. The van der Waals surface area contributed by atoms with Gasteiger partial charge in [-0.25, -0.2) is 0 Å². The average Bonchev–Trinajstić information content (AvgIpc) is 2.46. The predicted octanol–water partition coefficient (Wildman–Crippen LogP) is 3.06. The summed E-state index contributed by atoms with van der Waals surface area (Å²) in [6.45, 7) is 5.45. The Labute approximate surface area is 124 Å². The molecule has 0 heterocycles. The number of anilines is 1. The van der Waals surface area contributed by atoms with Gasteiger partial charge in [-0.05, 0) is 42.8 Å². The fourth-order valence-electron chi connectivity index (χ4n) is 2.08. The summed E-state index contributed by atoms with van der Waals surface area (Å²) in [7, 11) is 0. The maximum atomic E-state index is 12.3. The van der Waals surface area contributed by atoms with Crippen molar-refractivity contribution in [3.63, 3.8) is 0 Å². The topological polar surface area (TPSA) is 61.4 Å². The van der Waals surface area contributed by atoms with Crippen molar-refractivity contribution < 1.29 is 9.90 Å². The molecule has 0 aromatic heterocycles. The molecule has 0 atom stereocenters. The molecule has 2 aromatic carbocycles. The molecule has 0 aliphatic rings. The molecular formula is C17H20N2O2. The summed E-state index contributed by atoms with van der Waals surface area (Å²) in [5.41, 5.74) is 2.96. The number of aromatic hydroxyl groups is 1. The first-order valence-corrected chi connectivity index (χ1v) is 7.01. The van der Waals surface area contributed by atoms with E-state index in [-0.39, 0.29) is 17.2 Å². The SMILES string of the molecule is CCNCc1ccccc1NC(=O)c1ccc(C)cc1O. The van der Waals surface area contributed by atoms with Crippen molar-refractivity contribution in [2.45, 2.75) is 20.4 Å². The highest BCUT2D eigenvalue weighted by Crippen LogP contribution is 2.21. The summed E-state index contributed by atoms with van der Waals surface area (Å²) in [6.07, 6.45) is 0.